The van der Waals surface area contributed by atoms with E-state index in [-0.39, 0.29) is 12.1 Å². The van der Waals surface area contributed by atoms with Crippen LogP contribution in [0.15, 0.2) is 30.3 Å². The Kier molecular flexibility index (Phi) is 4.54. The summed E-state index contributed by atoms with van der Waals surface area (Å²) in [6.07, 6.45) is 3.32. The Morgan fingerprint density at radius 3 is 2.82 bits per heavy atom. The maximum atomic E-state index is 9.16. The van der Waals surface area contributed by atoms with Crippen LogP contribution < -0.4 is 5.32 Å². The van der Waals surface area contributed by atoms with E-state index in [4.69, 9.17) is 10.00 Å². The van der Waals surface area contributed by atoms with Crippen molar-refractivity contribution in [2.75, 3.05) is 6.61 Å². The second-order valence-electron chi connectivity index (χ2n) is 4.38. The molecule has 2 rings (SSSR count). The number of hydrogen-bond acceptors (Lipinski definition) is 3. The van der Waals surface area contributed by atoms with Gasteiger partial charge in [0.1, 0.15) is 6.04 Å². The fourth-order valence-corrected chi connectivity index (χ4v) is 2.11. The molecule has 0 amide bonds. The molecule has 0 aliphatic carbocycles. The van der Waals surface area contributed by atoms with E-state index in [1.165, 1.54) is 5.56 Å². The van der Waals surface area contributed by atoms with Gasteiger partial charge in [0.15, 0.2) is 0 Å². The molecule has 2 atom stereocenters. The highest BCUT2D eigenvalue weighted by Gasteiger charge is 2.23. The van der Waals surface area contributed by atoms with Crippen molar-refractivity contribution in [3.63, 3.8) is 0 Å². The first-order valence-electron chi connectivity index (χ1n) is 6.18. The lowest BCUT2D eigenvalue weighted by atomic mass is 10.0. The smallest absolute Gasteiger partial charge is 0.122 e. The van der Waals surface area contributed by atoms with Crippen LogP contribution in [0.3, 0.4) is 0 Å². The highest BCUT2D eigenvalue weighted by atomic mass is 16.5. The van der Waals surface area contributed by atoms with Crippen LogP contribution in [-0.2, 0) is 11.3 Å². The largest absolute Gasteiger partial charge is 0.375 e. The second kappa shape index (κ2) is 6.39. The maximum Gasteiger partial charge on any atom is 0.122 e. The fourth-order valence-electron chi connectivity index (χ4n) is 2.11. The molecule has 1 N–H and O–H groups in total. The molecule has 0 bridgehead atoms. The molecule has 17 heavy (non-hydrogen) atoms. The fraction of sp³-hybridized carbons (Fsp3) is 0.500. The summed E-state index contributed by atoms with van der Waals surface area (Å²) >= 11 is 0. The number of rotatable bonds is 4. The Morgan fingerprint density at radius 2 is 2.18 bits per heavy atom. The summed E-state index contributed by atoms with van der Waals surface area (Å²) in [7, 11) is 0. The number of ether oxygens (including phenoxy) is 1. The predicted octanol–water partition coefficient (Wildman–Crippen LogP) is 2.24. The molecule has 1 saturated heterocycles. The van der Waals surface area contributed by atoms with Gasteiger partial charge >= 0.3 is 0 Å². The Hall–Kier alpha value is -1.37. The molecule has 1 aliphatic heterocycles. The third kappa shape index (κ3) is 3.55. The van der Waals surface area contributed by atoms with E-state index >= 15 is 0 Å². The van der Waals surface area contributed by atoms with E-state index in [0.29, 0.717) is 0 Å². The number of nitriles is 1. The summed E-state index contributed by atoms with van der Waals surface area (Å²) in [4.78, 5) is 0. The lowest BCUT2D eigenvalue weighted by Crippen LogP contribution is -2.41. The number of hydrogen-bond donors (Lipinski definition) is 1. The molecule has 0 radical (unpaired) electrons. The first kappa shape index (κ1) is 12.1. The Labute approximate surface area is 102 Å². The van der Waals surface area contributed by atoms with Crippen molar-refractivity contribution in [1.82, 2.24) is 5.32 Å². The van der Waals surface area contributed by atoms with Gasteiger partial charge < -0.3 is 4.74 Å². The topological polar surface area (TPSA) is 45.0 Å². The standard InChI is InChI=1S/C14H18N2O/c15-10-13(14-8-4-5-9-17-14)16-11-12-6-2-1-3-7-12/h1-3,6-7,13-14,16H,4-5,8-9,11H2/t13-,14+/m0/s1. The van der Waals surface area contributed by atoms with Crippen LogP contribution in [0.5, 0.6) is 0 Å². The van der Waals surface area contributed by atoms with Crippen molar-refractivity contribution in [3.05, 3.63) is 35.9 Å². The number of nitrogens with zero attached hydrogens (tertiary/aromatic N) is 1. The van der Waals surface area contributed by atoms with Crippen molar-refractivity contribution < 1.29 is 4.74 Å². The minimum Gasteiger partial charge on any atom is -0.375 e. The monoisotopic (exact) mass is 230 g/mol. The highest BCUT2D eigenvalue weighted by Crippen LogP contribution is 2.16. The summed E-state index contributed by atoms with van der Waals surface area (Å²) in [5, 5.41) is 12.4. The second-order valence-corrected chi connectivity index (χ2v) is 4.38. The van der Waals surface area contributed by atoms with E-state index in [2.05, 4.69) is 23.5 Å². The maximum absolute atomic E-state index is 9.16. The Morgan fingerprint density at radius 1 is 1.35 bits per heavy atom. The van der Waals surface area contributed by atoms with Crippen molar-refractivity contribution in [2.24, 2.45) is 0 Å². The average molecular weight is 230 g/mol. The molecule has 1 aliphatic rings. The molecular weight excluding hydrogens is 212 g/mol. The van der Waals surface area contributed by atoms with Gasteiger partial charge in [-0.15, -0.1) is 0 Å². The van der Waals surface area contributed by atoms with Crippen LogP contribution in [0.4, 0.5) is 0 Å². The minimum absolute atomic E-state index is 0.0532. The van der Waals surface area contributed by atoms with Crippen LogP contribution in [0.2, 0.25) is 0 Å². The van der Waals surface area contributed by atoms with Crippen molar-refractivity contribution in [1.29, 1.82) is 5.26 Å². The van der Waals surface area contributed by atoms with Crippen LogP contribution >= 0.6 is 0 Å². The van der Waals surface area contributed by atoms with Gasteiger partial charge in [-0.3, -0.25) is 5.32 Å². The average Bonchev–Trinajstić information content (AvgIpc) is 2.42. The summed E-state index contributed by atoms with van der Waals surface area (Å²) in [5.41, 5.74) is 1.20. The summed E-state index contributed by atoms with van der Waals surface area (Å²) < 4.78 is 5.63. The van der Waals surface area contributed by atoms with Crippen molar-refractivity contribution >= 4 is 0 Å². The van der Waals surface area contributed by atoms with Crippen LogP contribution in [-0.4, -0.2) is 18.8 Å². The van der Waals surface area contributed by atoms with Gasteiger partial charge in [-0.1, -0.05) is 30.3 Å². The molecular formula is C14H18N2O. The minimum atomic E-state index is -0.199. The van der Waals surface area contributed by atoms with E-state index in [9.17, 15) is 0 Å². The molecule has 90 valence electrons. The third-order valence-corrected chi connectivity index (χ3v) is 3.09. The molecule has 3 heteroatoms. The van der Waals surface area contributed by atoms with Crippen LogP contribution in [0.1, 0.15) is 24.8 Å². The zero-order valence-electron chi connectivity index (χ0n) is 9.93. The Balaban J connectivity index is 1.85. The quantitative estimate of drug-likeness (QED) is 0.862. The van der Waals surface area contributed by atoms with Gasteiger partial charge in [-0.05, 0) is 24.8 Å². The van der Waals surface area contributed by atoms with Gasteiger partial charge in [0, 0.05) is 13.2 Å². The van der Waals surface area contributed by atoms with Crippen LogP contribution in [0, 0.1) is 11.3 Å². The highest BCUT2D eigenvalue weighted by molar-refractivity contribution is 5.15. The molecule has 0 saturated carbocycles. The first-order valence-corrected chi connectivity index (χ1v) is 6.18. The molecule has 3 nitrogen and oxygen atoms in total. The van der Waals surface area contributed by atoms with Crippen molar-refractivity contribution in [2.45, 2.75) is 38.0 Å². The lowest BCUT2D eigenvalue weighted by Gasteiger charge is -2.27. The molecule has 0 unspecified atom stereocenters. The SMILES string of the molecule is N#C[C@H](NCc1ccccc1)[C@H]1CCCCO1. The lowest BCUT2D eigenvalue weighted by molar-refractivity contribution is 0.00334. The van der Waals surface area contributed by atoms with E-state index in [1.54, 1.807) is 0 Å². The summed E-state index contributed by atoms with van der Waals surface area (Å²) in [6, 6.07) is 12.2. The van der Waals surface area contributed by atoms with Gasteiger partial charge in [0.25, 0.3) is 0 Å². The van der Waals surface area contributed by atoms with Crippen LogP contribution in [0.25, 0.3) is 0 Å². The summed E-state index contributed by atoms with van der Waals surface area (Å²) in [6.45, 7) is 1.51. The molecule has 0 spiro atoms. The van der Waals surface area contributed by atoms with Gasteiger partial charge in [-0.2, -0.15) is 5.26 Å². The zero-order chi connectivity index (χ0) is 11.9. The molecule has 1 heterocycles. The number of benzene rings is 1. The summed E-state index contributed by atoms with van der Waals surface area (Å²) in [5.74, 6) is 0. The Bertz CT molecular complexity index is 366. The van der Waals surface area contributed by atoms with E-state index in [0.717, 1.165) is 32.4 Å². The molecule has 1 fully saturated rings. The predicted molar refractivity (Wildman–Crippen MR) is 66.3 cm³/mol. The third-order valence-electron chi connectivity index (χ3n) is 3.09. The van der Waals surface area contributed by atoms with E-state index < -0.39 is 0 Å². The van der Waals surface area contributed by atoms with Gasteiger partial charge in [0.05, 0.1) is 12.2 Å². The molecule has 1 aromatic carbocycles. The normalized spacial score (nSPS) is 21.7. The zero-order valence-corrected chi connectivity index (χ0v) is 9.93. The molecule has 0 aromatic heterocycles. The van der Waals surface area contributed by atoms with Gasteiger partial charge in [-0.25, -0.2) is 0 Å². The first-order chi connectivity index (χ1) is 8.40. The van der Waals surface area contributed by atoms with Gasteiger partial charge in [0.2, 0.25) is 0 Å². The molecule has 1 aromatic rings. The number of nitrogens with one attached hydrogen (secondary N) is 1. The van der Waals surface area contributed by atoms with E-state index in [1.807, 2.05) is 18.2 Å². The van der Waals surface area contributed by atoms with Crippen molar-refractivity contribution in [3.8, 4) is 6.07 Å².